The van der Waals surface area contributed by atoms with Gasteiger partial charge in [0.2, 0.25) is 0 Å². The van der Waals surface area contributed by atoms with E-state index >= 15 is 0 Å². The molecule has 1 aliphatic heterocycles. The topological polar surface area (TPSA) is 78.9 Å². The molecule has 2 amide bonds. The van der Waals surface area contributed by atoms with Crippen molar-refractivity contribution in [3.63, 3.8) is 0 Å². The Morgan fingerprint density at radius 3 is 2.48 bits per heavy atom. The highest BCUT2D eigenvalue weighted by atomic mass is 19.4. The molecule has 0 saturated carbocycles. The number of halogens is 3. The van der Waals surface area contributed by atoms with Gasteiger partial charge in [-0.15, -0.1) is 0 Å². The summed E-state index contributed by atoms with van der Waals surface area (Å²) in [7, 11) is 0. The third-order valence-corrected chi connectivity index (χ3v) is 3.54. The highest BCUT2D eigenvalue weighted by molar-refractivity contribution is 5.77. The first-order valence-corrected chi connectivity index (χ1v) is 7.53. The Balaban J connectivity index is 2.38. The predicted molar refractivity (Wildman–Crippen MR) is 75.9 cm³/mol. The van der Waals surface area contributed by atoms with Crippen LogP contribution in [0.4, 0.5) is 18.0 Å². The van der Waals surface area contributed by atoms with E-state index < -0.39 is 43.1 Å². The lowest BCUT2D eigenvalue weighted by Gasteiger charge is -2.18. The van der Waals surface area contributed by atoms with Gasteiger partial charge in [-0.05, 0) is 12.3 Å². The molecule has 0 bridgehead atoms. The lowest BCUT2D eigenvalue weighted by molar-refractivity contribution is -0.187. The van der Waals surface area contributed by atoms with E-state index in [9.17, 15) is 22.8 Å². The number of likely N-dealkylation sites (tertiary alicyclic amines) is 1. The molecule has 134 valence electrons. The van der Waals surface area contributed by atoms with Crippen molar-refractivity contribution >= 4 is 12.0 Å². The zero-order valence-electron chi connectivity index (χ0n) is 13.2. The molecular weight excluding hydrogens is 317 g/mol. The maximum Gasteiger partial charge on any atom is 0.394 e. The van der Waals surface area contributed by atoms with Gasteiger partial charge in [0.15, 0.2) is 0 Å². The van der Waals surface area contributed by atoms with Crippen LogP contribution in [-0.2, 0) is 9.53 Å². The summed E-state index contributed by atoms with van der Waals surface area (Å²) in [6, 6.07) is -0.674. The van der Waals surface area contributed by atoms with Crippen molar-refractivity contribution in [2.45, 2.75) is 26.4 Å². The Hall–Kier alpha value is -1.51. The number of nitrogens with one attached hydrogen (secondary N) is 1. The number of aliphatic carboxylic acids is 1. The molecule has 1 heterocycles. The molecule has 0 spiro atoms. The van der Waals surface area contributed by atoms with Crippen LogP contribution in [-0.4, -0.2) is 61.0 Å². The fourth-order valence-corrected chi connectivity index (χ4v) is 2.35. The quantitative estimate of drug-likeness (QED) is 0.695. The van der Waals surface area contributed by atoms with Gasteiger partial charge in [-0.25, -0.2) is 4.79 Å². The summed E-state index contributed by atoms with van der Waals surface area (Å²) in [4.78, 5) is 23.7. The number of hydrogen-bond donors (Lipinski definition) is 2. The molecule has 0 aliphatic carbocycles. The maximum absolute atomic E-state index is 12.8. The predicted octanol–water partition coefficient (Wildman–Crippen LogP) is 1.95. The molecule has 0 aromatic heterocycles. The molecule has 2 atom stereocenters. The third kappa shape index (κ3) is 6.25. The second-order valence-electron chi connectivity index (χ2n) is 6.05. The smallest absolute Gasteiger partial charge is 0.394 e. The minimum absolute atomic E-state index is 0.266. The van der Waals surface area contributed by atoms with Gasteiger partial charge >= 0.3 is 18.2 Å². The number of ether oxygens (including phenoxy) is 1. The van der Waals surface area contributed by atoms with Gasteiger partial charge in [0.05, 0.1) is 11.8 Å². The van der Waals surface area contributed by atoms with E-state index in [1.807, 2.05) is 13.8 Å². The summed E-state index contributed by atoms with van der Waals surface area (Å²) >= 11 is 0. The van der Waals surface area contributed by atoms with Crippen LogP contribution < -0.4 is 5.32 Å². The van der Waals surface area contributed by atoms with Crippen molar-refractivity contribution < 1.29 is 32.6 Å². The Kier molecular flexibility index (Phi) is 7.11. The van der Waals surface area contributed by atoms with E-state index in [-0.39, 0.29) is 6.54 Å². The number of carboxylic acid groups (broad SMARTS) is 1. The number of carboxylic acids is 1. The fraction of sp³-hybridized carbons (Fsp3) is 0.857. The van der Waals surface area contributed by atoms with Crippen LogP contribution in [0.25, 0.3) is 0 Å². The van der Waals surface area contributed by atoms with Gasteiger partial charge in [0.25, 0.3) is 0 Å². The zero-order valence-corrected chi connectivity index (χ0v) is 13.2. The average Bonchev–Trinajstić information content (AvgIpc) is 2.87. The van der Waals surface area contributed by atoms with E-state index in [1.54, 1.807) is 0 Å². The summed E-state index contributed by atoms with van der Waals surface area (Å²) in [5.41, 5.74) is 0. The van der Waals surface area contributed by atoms with Crippen LogP contribution in [0.3, 0.4) is 0 Å². The number of urea groups is 1. The number of alkyl halides is 3. The van der Waals surface area contributed by atoms with Gasteiger partial charge in [-0.3, -0.25) is 4.79 Å². The van der Waals surface area contributed by atoms with Crippen LogP contribution in [0.2, 0.25) is 0 Å². The van der Waals surface area contributed by atoms with E-state index in [2.05, 4.69) is 5.32 Å². The molecule has 0 unspecified atom stereocenters. The molecular formula is C14H23F3N2O4. The fourth-order valence-electron chi connectivity index (χ4n) is 2.35. The average molecular weight is 340 g/mol. The first-order chi connectivity index (χ1) is 10.6. The Morgan fingerprint density at radius 1 is 1.35 bits per heavy atom. The van der Waals surface area contributed by atoms with Crippen molar-refractivity contribution in [3.05, 3.63) is 0 Å². The van der Waals surface area contributed by atoms with Gasteiger partial charge in [0, 0.05) is 32.8 Å². The molecule has 6 nitrogen and oxygen atoms in total. The molecule has 2 N–H and O–H groups in total. The normalized spacial score (nSPS) is 21.7. The monoisotopic (exact) mass is 340 g/mol. The lowest BCUT2D eigenvalue weighted by atomic mass is 9.96. The number of carbonyl (C=O) groups excluding carboxylic acids is 1. The van der Waals surface area contributed by atoms with Crippen molar-refractivity contribution in [1.82, 2.24) is 10.2 Å². The minimum atomic E-state index is -4.64. The summed E-state index contributed by atoms with van der Waals surface area (Å²) in [6.07, 6.45) is -4.10. The van der Waals surface area contributed by atoms with E-state index in [0.717, 1.165) is 4.90 Å². The SMILES string of the molecule is CC(C)COCCCNC(=O)N1C[C@@H](C(F)(F)F)[C@H](C(=O)O)C1. The molecule has 23 heavy (non-hydrogen) atoms. The number of nitrogens with zero attached hydrogens (tertiary/aromatic N) is 1. The summed E-state index contributed by atoms with van der Waals surface area (Å²) in [6.45, 7) is 4.26. The molecule has 1 rings (SSSR count). The number of amides is 2. The molecule has 1 saturated heterocycles. The number of carbonyl (C=O) groups is 2. The molecule has 0 aromatic rings. The van der Waals surface area contributed by atoms with Crippen molar-refractivity contribution in [3.8, 4) is 0 Å². The molecule has 1 aliphatic rings. The van der Waals surface area contributed by atoms with Crippen LogP contribution in [0.15, 0.2) is 0 Å². The van der Waals surface area contributed by atoms with Crippen LogP contribution in [0.5, 0.6) is 0 Å². The summed E-state index contributed by atoms with van der Waals surface area (Å²) in [5, 5.41) is 11.4. The first-order valence-electron chi connectivity index (χ1n) is 7.53. The highest BCUT2D eigenvalue weighted by Gasteiger charge is 2.53. The summed E-state index contributed by atoms with van der Waals surface area (Å²) in [5.74, 6) is -4.78. The molecule has 0 aromatic carbocycles. The third-order valence-electron chi connectivity index (χ3n) is 3.54. The van der Waals surface area contributed by atoms with Crippen molar-refractivity contribution in [1.29, 1.82) is 0 Å². The van der Waals surface area contributed by atoms with E-state index in [0.29, 0.717) is 25.6 Å². The lowest BCUT2D eigenvalue weighted by Crippen LogP contribution is -2.40. The van der Waals surface area contributed by atoms with Gasteiger partial charge in [0.1, 0.15) is 0 Å². The first kappa shape index (κ1) is 19.5. The Bertz CT molecular complexity index is 415. The van der Waals surface area contributed by atoms with Crippen molar-refractivity contribution in [2.75, 3.05) is 32.8 Å². The van der Waals surface area contributed by atoms with Crippen LogP contribution >= 0.6 is 0 Å². The van der Waals surface area contributed by atoms with E-state index in [4.69, 9.17) is 9.84 Å². The second kappa shape index (κ2) is 8.37. The van der Waals surface area contributed by atoms with Crippen LogP contribution in [0, 0.1) is 17.8 Å². The van der Waals surface area contributed by atoms with Crippen LogP contribution in [0.1, 0.15) is 20.3 Å². The summed E-state index contributed by atoms with van der Waals surface area (Å²) < 4.78 is 43.8. The van der Waals surface area contributed by atoms with E-state index in [1.165, 1.54) is 0 Å². The van der Waals surface area contributed by atoms with Gasteiger partial charge in [-0.1, -0.05) is 13.8 Å². The van der Waals surface area contributed by atoms with Gasteiger partial charge < -0.3 is 20.1 Å². The second-order valence-corrected chi connectivity index (χ2v) is 6.05. The Labute approximate surface area is 133 Å². The standard InChI is InChI=1S/C14H23F3N2O4/c1-9(2)8-23-5-3-4-18-13(22)19-6-10(12(20)21)11(7-19)14(15,16)17/h9-11H,3-8H2,1-2H3,(H,18,22)(H,20,21)/t10-,11-/m1/s1. The minimum Gasteiger partial charge on any atom is -0.481 e. The number of rotatable bonds is 7. The Morgan fingerprint density at radius 2 is 2.00 bits per heavy atom. The molecule has 9 heteroatoms. The zero-order chi connectivity index (χ0) is 17.6. The molecule has 0 radical (unpaired) electrons. The molecule has 1 fully saturated rings. The largest absolute Gasteiger partial charge is 0.481 e. The van der Waals surface area contributed by atoms with Crippen molar-refractivity contribution in [2.24, 2.45) is 17.8 Å². The van der Waals surface area contributed by atoms with Gasteiger partial charge in [-0.2, -0.15) is 13.2 Å². The number of hydrogen-bond acceptors (Lipinski definition) is 3. The highest BCUT2D eigenvalue weighted by Crippen LogP contribution is 2.37. The maximum atomic E-state index is 12.8.